The van der Waals surface area contributed by atoms with Crippen LogP contribution in [-0.2, 0) is 11.4 Å². The SMILES string of the molecule is C=CCONc1nc(OCc2cccc(OC)c2)ncc1F. The number of anilines is 1. The van der Waals surface area contributed by atoms with Gasteiger partial charge in [-0.2, -0.15) is 4.98 Å². The Morgan fingerprint density at radius 1 is 1.41 bits per heavy atom. The first-order chi connectivity index (χ1) is 10.7. The Morgan fingerprint density at radius 3 is 3.05 bits per heavy atom. The molecule has 0 amide bonds. The topological polar surface area (TPSA) is 65.5 Å². The van der Waals surface area contributed by atoms with E-state index in [0.29, 0.717) is 0 Å². The minimum Gasteiger partial charge on any atom is -0.497 e. The van der Waals surface area contributed by atoms with Crippen molar-refractivity contribution in [3.63, 3.8) is 0 Å². The minimum atomic E-state index is -0.641. The van der Waals surface area contributed by atoms with E-state index < -0.39 is 5.82 Å². The largest absolute Gasteiger partial charge is 0.497 e. The molecule has 0 aliphatic heterocycles. The molecule has 1 aromatic carbocycles. The van der Waals surface area contributed by atoms with Crippen LogP contribution in [0.3, 0.4) is 0 Å². The first kappa shape index (κ1) is 15.7. The van der Waals surface area contributed by atoms with Crippen LogP contribution in [0, 0.1) is 5.82 Å². The lowest BCUT2D eigenvalue weighted by Gasteiger charge is -2.09. The summed E-state index contributed by atoms with van der Waals surface area (Å²) in [6.07, 6.45) is 2.53. The Labute approximate surface area is 127 Å². The summed E-state index contributed by atoms with van der Waals surface area (Å²) in [5.74, 6) is -0.0170. The summed E-state index contributed by atoms with van der Waals surface area (Å²) >= 11 is 0. The van der Waals surface area contributed by atoms with E-state index in [4.69, 9.17) is 14.3 Å². The second-order valence-electron chi connectivity index (χ2n) is 4.19. The first-order valence-electron chi connectivity index (χ1n) is 6.50. The molecule has 0 spiro atoms. The summed E-state index contributed by atoms with van der Waals surface area (Å²) in [5, 5.41) is 0. The van der Waals surface area contributed by atoms with Gasteiger partial charge in [0.25, 0.3) is 0 Å². The monoisotopic (exact) mass is 305 g/mol. The van der Waals surface area contributed by atoms with Gasteiger partial charge < -0.3 is 9.47 Å². The molecule has 0 atom stereocenters. The van der Waals surface area contributed by atoms with Crippen molar-refractivity contribution in [2.45, 2.75) is 6.61 Å². The second kappa shape index (κ2) is 7.94. The van der Waals surface area contributed by atoms with Crippen LogP contribution in [-0.4, -0.2) is 23.7 Å². The van der Waals surface area contributed by atoms with Crippen LogP contribution in [0.15, 0.2) is 43.1 Å². The summed E-state index contributed by atoms with van der Waals surface area (Å²) < 4.78 is 24.1. The fourth-order valence-corrected chi connectivity index (χ4v) is 1.57. The quantitative estimate of drug-likeness (QED) is 0.459. The molecule has 0 saturated heterocycles. The maximum atomic E-state index is 13.5. The number of rotatable bonds is 8. The fourth-order valence-electron chi connectivity index (χ4n) is 1.57. The van der Waals surface area contributed by atoms with Crippen LogP contribution in [0.5, 0.6) is 11.8 Å². The molecule has 0 aliphatic carbocycles. The fraction of sp³-hybridized carbons (Fsp3) is 0.200. The summed E-state index contributed by atoms with van der Waals surface area (Å²) in [6, 6.07) is 7.42. The Kier molecular flexibility index (Phi) is 5.67. The van der Waals surface area contributed by atoms with E-state index in [1.807, 2.05) is 24.3 Å². The molecule has 0 saturated carbocycles. The zero-order valence-corrected chi connectivity index (χ0v) is 12.1. The van der Waals surface area contributed by atoms with Crippen LogP contribution in [0.4, 0.5) is 10.2 Å². The van der Waals surface area contributed by atoms with E-state index in [2.05, 4.69) is 22.0 Å². The summed E-state index contributed by atoms with van der Waals surface area (Å²) in [4.78, 5) is 12.6. The molecule has 6 nitrogen and oxygen atoms in total. The van der Waals surface area contributed by atoms with Crippen molar-refractivity contribution in [2.75, 3.05) is 19.2 Å². The van der Waals surface area contributed by atoms with E-state index >= 15 is 0 Å². The smallest absolute Gasteiger partial charge is 0.318 e. The Bertz CT molecular complexity index is 637. The highest BCUT2D eigenvalue weighted by Crippen LogP contribution is 2.16. The minimum absolute atomic E-state index is 0.0360. The van der Waals surface area contributed by atoms with Gasteiger partial charge in [-0.05, 0) is 17.7 Å². The van der Waals surface area contributed by atoms with Crippen molar-refractivity contribution in [2.24, 2.45) is 0 Å². The number of hydrogen-bond acceptors (Lipinski definition) is 6. The molecule has 1 aromatic heterocycles. The van der Waals surface area contributed by atoms with Crippen molar-refractivity contribution in [3.05, 3.63) is 54.5 Å². The molecule has 2 aromatic rings. The van der Waals surface area contributed by atoms with Gasteiger partial charge in [0.1, 0.15) is 12.4 Å². The summed E-state index contributed by atoms with van der Waals surface area (Å²) in [5.41, 5.74) is 3.25. The van der Waals surface area contributed by atoms with Crippen LogP contribution in [0.2, 0.25) is 0 Å². The first-order valence-corrected chi connectivity index (χ1v) is 6.50. The predicted octanol–water partition coefficient (Wildman–Crippen LogP) is 2.73. The number of nitrogens with one attached hydrogen (secondary N) is 1. The van der Waals surface area contributed by atoms with Gasteiger partial charge in [0.2, 0.25) is 0 Å². The lowest BCUT2D eigenvalue weighted by molar-refractivity contribution is 0.222. The van der Waals surface area contributed by atoms with E-state index in [1.54, 1.807) is 7.11 Å². The lowest BCUT2D eigenvalue weighted by Crippen LogP contribution is -2.07. The molecular formula is C15H16FN3O3. The van der Waals surface area contributed by atoms with Gasteiger partial charge in [0.05, 0.1) is 19.9 Å². The molecule has 0 bridgehead atoms. The van der Waals surface area contributed by atoms with E-state index in [9.17, 15) is 4.39 Å². The average Bonchev–Trinajstić information content (AvgIpc) is 2.55. The normalized spacial score (nSPS) is 10.1. The van der Waals surface area contributed by atoms with E-state index in [0.717, 1.165) is 17.5 Å². The number of nitrogens with zero attached hydrogens (tertiary/aromatic N) is 2. The maximum Gasteiger partial charge on any atom is 0.318 e. The second-order valence-corrected chi connectivity index (χ2v) is 4.19. The molecule has 0 radical (unpaired) electrons. The zero-order valence-electron chi connectivity index (χ0n) is 12.1. The van der Waals surface area contributed by atoms with Gasteiger partial charge in [-0.25, -0.2) is 14.9 Å². The molecule has 116 valence electrons. The van der Waals surface area contributed by atoms with Gasteiger partial charge in [-0.3, -0.25) is 4.84 Å². The van der Waals surface area contributed by atoms with Gasteiger partial charge in [-0.15, -0.1) is 6.58 Å². The van der Waals surface area contributed by atoms with Crippen LogP contribution in [0.25, 0.3) is 0 Å². The maximum absolute atomic E-state index is 13.5. The highest BCUT2D eigenvalue weighted by Gasteiger charge is 2.08. The number of methoxy groups -OCH3 is 1. The highest BCUT2D eigenvalue weighted by molar-refractivity contribution is 5.33. The lowest BCUT2D eigenvalue weighted by atomic mass is 10.2. The molecule has 22 heavy (non-hydrogen) atoms. The van der Waals surface area contributed by atoms with Crippen molar-refractivity contribution in [3.8, 4) is 11.8 Å². The summed E-state index contributed by atoms with van der Waals surface area (Å²) in [7, 11) is 1.59. The van der Waals surface area contributed by atoms with Crippen molar-refractivity contribution in [1.82, 2.24) is 9.97 Å². The van der Waals surface area contributed by atoms with E-state index in [-0.39, 0.29) is 25.0 Å². The Morgan fingerprint density at radius 2 is 2.27 bits per heavy atom. The van der Waals surface area contributed by atoms with Crippen LogP contribution >= 0.6 is 0 Å². The van der Waals surface area contributed by atoms with Gasteiger partial charge in [0, 0.05) is 0 Å². The number of hydrogen-bond donors (Lipinski definition) is 1. The summed E-state index contributed by atoms with van der Waals surface area (Å²) in [6.45, 7) is 3.93. The van der Waals surface area contributed by atoms with Crippen LogP contribution in [0.1, 0.15) is 5.56 Å². The molecular weight excluding hydrogens is 289 g/mol. The molecule has 1 N–H and O–H groups in total. The van der Waals surface area contributed by atoms with Crippen molar-refractivity contribution >= 4 is 5.82 Å². The van der Waals surface area contributed by atoms with Crippen LogP contribution < -0.4 is 15.0 Å². The Hall–Kier alpha value is -2.67. The number of aromatic nitrogens is 2. The third kappa shape index (κ3) is 4.42. The number of benzene rings is 1. The molecule has 1 heterocycles. The molecule has 7 heteroatoms. The van der Waals surface area contributed by atoms with Gasteiger partial charge >= 0.3 is 6.01 Å². The third-order valence-electron chi connectivity index (χ3n) is 2.59. The highest BCUT2D eigenvalue weighted by atomic mass is 19.1. The van der Waals surface area contributed by atoms with Crippen molar-refractivity contribution < 1.29 is 18.7 Å². The van der Waals surface area contributed by atoms with Crippen molar-refractivity contribution in [1.29, 1.82) is 0 Å². The van der Waals surface area contributed by atoms with Gasteiger partial charge in [0.15, 0.2) is 11.6 Å². The predicted molar refractivity (Wildman–Crippen MR) is 79.1 cm³/mol. The Balaban J connectivity index is 1.99. The zero-order chi connectivity index (χ0) is 15.8. The standard InChI is InChI=1S/C15H16FN3O3/c1-3-7-22-19-14-13(16)9-17-15(18-14)21-10-11-5-4-6-12(8-11)20-2/h3-6,8-9H,1,7,10H2,2H3,(H,17,18,19). The van der Waals surface area contributed by atoms with E-state index in [1.165, 1.54) is 6.08 Å². The molecule has 0 unspecified atom stereocenters. The van der Waals surface area contributed by atoms with Gasteiger partial charge in [-0.1, -0.05) is 18.2 Å². The average molecular weight is 305 g/mol. The number of halogens is 1. The number of ether oxygens (including phenoxy) is 2. The third-order valence-corrected chi connectivity index (χ3v) is 2.59. The molecule has 2 rings (SSSR count). The molecule has 0 fully saturated rings. The molecule has 0 aliphatic rings.